The molecule has 2 aromatic rings. The fourth-order valence-electron chi connectivity index (χ4n) is 2.17. The number of hydrogen-bond donors (Lipinski definition) is 4. The molecule has 0 aromatic heterocycles. The Morgan fingerprint density at radius 3 is 2.41 bits per heavy atom. The van der Waals surface area contributed by atoms with Gasteiger partial charge in [-0.25, -0.2) is 9.59 Å². The number of carboxylic acids is 2. The Hall–Kier alpha value is -2.16. The highest BCUT2D eigenvalue weighted by Gasteiger charge is 2.05. The van der Waals surface area contributed by atoms with Gasteiger partial charge in [0.25, 0.3) is 0 Å². The minimum Gasteiger partial charge on any atom is -0.492 e. The lowest BCUT2D eigenvalue weighted by molar-refractivity contribution is -0.159. The molecule has 4 N–H and O–H groups in total. The van der Waals surface area contributed by atoms with Crippen molar-refractivity contribution in [1.82, 2.24) is 5.32 Å². The highest BCUT2D eigenvalue weighted by atomic mass is 79.9. The van der Waals surface area contributed by atoms with Crippen LogP contribution in [0.1, 0.15) is 19.8 Å². The van der Waals surface area contributed by atoms with E-state index in [1.165, 1.54) is 10.8 Å². The van der Waals surface area contributed by atoms with Crippen molar-refractivity contribution in [1.29, 1.82) is 0 Å². The molecule has 0 amide bonds. The lowest BCUT2D eigenvalue weighted by atomic mass is 10.1. The Morgan fingerprint density at radius 1 is 1.11 bits per heavy atom. The summed E-state index contributed by atoms with van der Waals surface area (Å²) in [6.45, 7) is 4.05. The van der Waals surface area contributed by atoms with E-state index in [0.717, 1.165) is 29.6 Å². The maximum Gasteiger partial charge on any atom is 0.414 e. The second kappa shape index (κ2) is 12.3. The van der Waals surface area contributed by atoms with E-state index < -0.39 is 11.9 Å². The molecule has 0 aliphatic carbocycles. The first kappa shape index (κ1) is 22.9. The average molecular weight is 442 g/mol. The number of aliphatic hydroxyl groups is 1. The monoisotopic (exact) mass is 441 g/mol. The number of rotatable bonds is 8. The van der Waals surface area contributed by atoms with Crippen molar-refractivity contribution in [2.75, 3.05) is 19.7 Å². The minimum absolute atomic E-state index is 0.283. The molecular formula is C19H24BrNO6. The van der Waals surface area contributed by atoms with Crippen molar-refractivity contribution in [3.05, 3.63) is 40.9 Å². The van der Waals surface area contributed by atoms with Crippen LogP contribution in [0.2, 0.25) is 0 Å². The van der Waals surface area contributed by atoms with Crippen LogP contribution >= 0.6 is 15.9 Å². The van der Waals surface area contributed by atoms with Crippen LogP contribution in [-0.4, -0.2) is 53.1 Å². The van der Waals surface area contributed by atoms with Gasteiger partial charge in [0.05, 0.1) is 17.2 Å². The SMILES string of the molecule is CC(O)CNCCCCOc1ccc2ccccc2c1Br.O=C(O)C(=O)O. The van der Waals surface area contributed by atoms with Crippen molar-refractivity contribution in [3.63, 3.8) is 0 Å². The Bertz CT molecular complexity index is 738. The van der Waals surface area contributed by atoms with Crippen LogP contribution in [0, 0.1) is 0 Å². The molecule has 0 bridgehead atoms. The molecule has 2 rings (SSSR count). The fourth-order valence-corrected chi connectivity index (χ4v) is 2.78. The third-order valence-electron chi connectivity index (χ3n) is 3.46. The van der Waals surface area contributed by atoms with Crippen molar-refractivity contribution in [2.24, 2.45) is 0 Å². The van der Waals surface area contributed by atoms with Crippen LogP contribution in [0.5, 0.6) is 5.75 Å². The number of fused-ring (bicyclic) bond motifs is 1. The van der Waals surface area contributed by atoms with Gasteiger partial charge >= 0.3 is 11.9 Å². The lowest BCUT2D eigenvalue weighted by Gasteiger charge is -2.11. The van der Waals surface area contributed by atoms with E-state index in [0.29, 0.717) is 13.2 Å². The number of benzene rings is 2. The van der Waals surface area contributed by atoms with Crippen molar-refractivity contribution in [3.8, 4) is 5.75 Å². The second-order valence-electron chi connectivity index (χ2n) is 5.82. The molecule has 0 saturated heterocycles. The summed E-state index contributed by atoms with van der Waals surface area (Å²) in [5.74, 6) is -2.75. The molecule has 148 valence electrons. The van der Waals surface area contributed by atoms with Crippen molar-refractivity contribution < 1.29 is 29.6 Å². The third-order valence-corrected chi connectivity index (χ3v) is 4.27. The summed E-state index contributed by atoms with van der Waals surface area (Å²) in [6, 6.07) is 12.3. The molecule has 0 radical (unpaired) electrons. The molecule has 0 saturated carbocycles. The molecule has 2 aromatic carbocycles. The predicted molar refractivity (Wildman–Crippen MR) is 106 cm³/mol. The van der Waals surface area contributed by atoms with Crippen molar-refractivity contribution in [2.45, 2.75) is 25.9 Å². The number of unbranched alkanes of at least 4 members (excludes halogenated alkanes) is 1. The number of ether oxygens (including phenoxy) is 1. The Labute approximate surface area is 166 Å². The molecular weight excluding hydrogens is 418 g/mol. The zero-order valence-corrected chi connectivity index (χ0v) is 16.6. The first-order valence-electron chi connectivity index (χ1n) is 8.48. The molecule has 0 aliphatic rings. The largest absolute Gasteiger partial charge is 0.492 e. The quantitative estimate of drug-likeness (QED) is 0.367. The van der Waals surface area contributed by atoms with Gasteiger partial charge in [-0.15, -0.1) is 0 Å². The van der Waals surface area contributed by atoms with Gasteiger partial charge in [-0.05, 0) is 59.1 Å². The van der Waals surface area contributed by atoms with E-state index in [1.54, 1.807) is 6.92 Å². The smallest absolute Gasteiger partial charge is 0.414 e. The Morgan fingerprint density at radius 2 is 1.78 bits per heavy atom. The third kappa shape index (κ3) is 8.85. The van der Waals surface area contributed by atoms with Gasteiger partial charge in [-0.1, -0.05) is 30.3 Å². The van der Waals surface area contributed by atoms with Crippen LogP contribution in [-0.2, 0) is 9.59 Å². The first-order chi connectivity index (χ1) is 12.8. The Kier molecular flexibility index (Phi) is 10.4. The Balaban J connectivity index is 0.000000527. The van der Waals surface area contributed by atoms with E-state index in [2.05, 4.69) is 39.4 Å². The topological polar surface area (TPSA) is 116 Å². The van der Waals surface area contributed by atoms with Gasteiger partial charge < -0.3 is 25.4 Å². The zero-order valence-electron chi connectivity index (χ0n) is 15.0. The molecule has 1 unspecified atom stereocenters. The molecule has 0 heterocycles. The lowest BCUT2D eigenvalue weighted by Crippen LogP contribution is -2.25. The number of aliphatic carboxylic acids is 2. The molecule has 0 spiro atoms. The summed E-state index contributed by atoms with van der Waals surface area (Å²) < 4.78 is 6.87. The van der Waals surface area contributed by atoms with Crippen LogP contribution in [0.25, 0.3) is 10.8 Å². The van der Waals surface area contributed by atoms with Crippen LogP contribution in [0.3, 0.4) is 0 Å². The van der Waals surface area contributed by atoms with Gasteiger partial charge in [0.15, 0.2) is 0 Å². The minimum atomic E-state index is -1.82. The summed E-state index contributed by atoms with van der Waals surface area (Å²) >= 11 is 3.63. The number of halogens is 1. The number of carboxylic acid groups (broad SMARTS) is 2. The van der Waals surface area contributed by atoms with Gasteiger partial charge in [-0.2, -0.15) is 0 Å². The molecule has 1 atom stereocenters. The number of aliphatic hydroxyl groups excluding tert-OH is 1. The van der Waals surface area contributed by atoms with Gasteiger partial charge in [0, 0.05) is 6.54 Å². The highest BCUT2D eigenvalue weighted by molar-refractivity contribution is 9.10. The number of hydrogen-bond acceptors (Lipinski definition) is 5. The molecule has 0 aliphatic heterocycles. The number of carbonyl (C=O) groups is 2. The van der Waals surface area contributed by atoms with Crippen LogP contribution in [0.4, 0.5) is 0 Å². The van der Waals surface area contributed by atoms with E-state index in [9.17, 15) is 0 Å². The molecule has 7 nitrogen and oxygen atoms in total. The summed E-state index contributed by atoms with van der Waals surface area (Å²) in [4.78, 5) is 18.2. The zero-order chi connectivity index (χ0) is 20.2. The predicted octanol–water partition coefficient (Wildman–Crippen LogP) is 2.89. The maximum atomic E-state index is 9.13. The van der Waals surface area contributed by atoms with Gasteiger partial charge in [0.1, 0.15) is 5.75 Å². The van der Waals surface area contributed by atoms with E-state index in [1.807, 2.05) is 18.2 Å². The average Bonchev–Trinajstić information content (AvgIpc) is 2.63. The second-order valence-corrected chi connectivity index (χ2v) is 6.61. The van der Waals surface area contributed by atoms with E-state index in [4.69, 9.17) is 29.6 Å². The summed E-state index contributed by atoms with van der Waals surface area (Å²) in [5.41, 5.74) is 0. The highest BCUT2D eigenvalue weighted by Crippen LogP contribution is 2.33. The van der Waals surface area contributed by atoms with Crippen LogP contribution in [0.15, 0.2) is 40.9 Å². The normalized spacial score (nSPS) is 11.4. The maximum absolute atomic E-state index is 9.13. The van der Waals surface area contributed by atoms with E-state index >= 15 is 0 Å². The standard InChI is InChI=1S/C17H22BrNO2.C2H2O4/c1-13(20)12-19-10-4-5-11-21-16-9-8-14-6-2-3-7-15(14)17(16)18;3-1(4)2(5)6/h2-3,6-9,13,19-20H,4-5,10-12H2,1H3;(H,3,4)(H,5,6). The fraction of sp³-hybridized carbons (Fsp3) is 0.368. The summed E-state index contributed by atoms with van der Waals surface area (Å²) in [5, 5.41) is 29.5. The van der Waals surface area contributed by atoms with Crippen LogP contribution < -0.4 is 10.1 Å². The molecule has 27 heavy (non-hydrogen) atoms. The molecule has 8 heteroatoms. The van der Waals surface area contributed by atoms with Gasteiger partial charge in [-0.3, -0.25) is 0 Å². The molecule has 0 fully saturated rings. The van der Waals surface area contributed by atoms with Gasteiger partial charge in [0.2, 0.25) is 0 Å². The first-order valence-corrected chi connectivity index (χ1v) is 9.27. The summed E-state index contributed by atoms with van der Waals surface area (Å²) in [7, 11) is 0. The number of nitrogens with one attached hydrogen (secondary N) is 1. The summed E-state index contributed by atoms with van der Waals surface area (Å²) in [6.07, 6.45) is 1.75. The van der Waals surface area contributed by atoms with Crippen molar-refractivity contribution >= 4 is 38.6 Å². The van der Waals surface area contributed by atoms with E-state index in [-0.39, 0.29) is 6.10 Å².